The average Bonchev–Trinajstić information content (AvgIpc) is 2.54. The number of fused-ring (bicyclic) bond motifs is 1. The van der Waals surface area contributed by atoms with Crippen LogP contribution in [0.1, 0.15) is 0 Å². The van der Waals surface area contributed by atoms with Gasteiger partial charge in [-0.05, 0) is 24.3 Å². The van der Waals surface area contributed by atoms with Crippen LogP contribution in [0.3, 0.4) is 0 Å². The molecule has 1 aliphatic rings. The number of hydrogen-bond acceptors (Lipinski definition) is 5. The molecule has 1 fully saturated rings. The number of nitrogens with one attached hydrogen (secondary N) is 1. The van der Waals surface area contributed by atoms with Crippen molar-refractivity contribution in [2.75, 3.05) is 44.7 Å². The fourth-order valence-electron chi connectivity index (χ4n) is 2.65. The Bertz CT molecular complexity index is 632. The van der Waals surface area contributed by atoms with Crippen LogP contribution in [-0.4, -0.2) is 60.5 Å². The molecular formula is C16H20BrN3O2. The molecule has 1 aliphatic heterocycles. The van der Waals surface area contributed by atoms with E-state index in [4.69, 9.17) is 4.74 Å². The summed E-state index contributed by atoms with van der Waals surface area (Å²) in [6.45, 7) is 4.47. The van der Waals surface area contributed by atoms with Crippen molar-refractivity contribution in [3.05, 3.63) is 34.9 Å². The molecule has 0 radical (unpaired) electrons. The van der Waals surface area contributed by atoms with Gasteiger partial charge in [-0.2, -0.15) is 0 Å². The third-order valence-electron chi connectivity index (χ3n) is 3.80. The SMILES string of the molecule is OC(CNc1ccnc2ccc(Br)cc12)CN1CCOCC1. The quantitative estimate of drug-likeness (QED) is 0.849. The molecule has 1 aromatic heterocycles. The normalized spacial score (nSPS) is 17.5. The molecule has 1 atom stereocenters. The molecular weight excluding hydrogens is 346 g/mol. The standard InChI is InChI=1S/C16H20BrN3O2/c17-12-1-2-15-14(9-12)16(3-4-18-15)19-10-13(21)11-20-5-7-22-8-6-20/h1-4,9,13,21H,5-8,10-11H2,(H,18,19). The summed E-state index contributed by atoms with van der Waals surface area (Å²) in [5.41, 5.74) is 1.93. The van der Waals surface area contributed by atoms with E-state index in [1.165, 1.54) is 0 Å². The molecule has 22 heavy (non-hydrogen) atoms. The second kappa shape index (κ2) is 7.37. The largest absolute Gasteiger partial charge is 0.390 e. The minimum Gasteiger partial charge on any atom is -0.390 e. The molecule has 0 spiro atoms. The number of anilines is 1. The molecule has 2 aromatic rings. The smallest absolute Gasteiger partial charge is 0.0839 e. The lowest BCUT2D eigenvalue weighted by atomic mass is 10.2. The number of rotatable bonds is 5. The molecule has 1 saturated heterocycles. The van der Waals surface area contributed by atoms with Crippen LogP contribution in [0.4, 0.5) is 5.69 Å². The minimum atomic E-state index is -0.409. The molecule has 0 amide bonds. The van der Waals surface area contributed by atoms with Crippen LogP contribution < -0.4 is 5.32 Å². The van der Waals surface area contributed by atoms with E-state index in [0.717, 1.165) is 47.4 Å². The van der Waals surface area contributed by atoms with Crippen LogP contribution in [0.2, 0.25) is 0 Å². The third-order valence-corrected chi connectivity index (χ3v) is 4.30. The highest BCUT2D eigenvalue weighted by atomic mass is 79.9. The summed E-state index contributed by atoms with van der Waals surface area (Å²) in [5.74, 6) is 0. The summed E-state index contributed by atoms with van der Waals surface area (Å²) < 4.78 is 6.34. The Balaban J connectivity index is 1.62. The van der Waals surface area contributed by atoms with E-state index in [1.54, 1.807) is 6.20 Å². The molecule has 0 bridgehead atoms. The Hall–Kier alpha value is -1.21. The molecule has 1 aromatic carbocycles. The number of hydrogen-bond donors (Lipinski definition) is 2. The summed E-state index contributed by atoms with van der Waals surface area (Å²) in [6.07, 6.45) is 1.38. The number of β-amino-alcohol motifs (C(OH)–C–C–N with tert-alkyl or cyclic N) is 1. The molecule has 2 N–H and O–H groups in total. The number of ether oxygens (including phenoxy) is 1. The van der Waals surface area contributed by atoms with Crippen molar-refractivity contribution in [3.63, 3.8) is 0 Å². The number of benzene rings is 1. The van der Waals surface area contributed by atoms with E-state index in [1.807, 2.05) is 24.3 Å². The first-order chi connectivity index (χ1) is 10.7. The van der Waals surface area contributed by atoms with Crippen molar-refractivity contribution >= 4 is 32.5 Å². The van der Waals surface area contributed by atoms with Crippen molar-refractivity contribution in [2.45, 2.75) is 6.10 Å². The fourth-order valence-corrected chi connectivity index (χ4v) is 3.01. The zero-order chi connectivity index (χ0) is 15.4. The van der Waals surface area contributed by atoms with Crippen LogP contribution in [0.15, 0.2) is 34.9 Å². The highest BCUT2D eigenvalue weighted by Crippen LogP contribution is 2.25. The second-order valence-electron chi connectivity index (χ2n) is 5.47. The topological polar surface area (TPSA) is 57.6 Å². The van der Waals surface area contributed by atoms with Crippen molar-refractivity contribution in [1.82, 2.24) is 9.88 Å². The molecule has 5 nitrogen and oxygen atoms in total. The van der Waals surface area contributed by atoms with Gasteiger partial charge in [-0.3, -0.25) is 9.88 Å². The van der Waals surface area contributed by atoms with Gasteiger partial charge in [-0.15, -0.1) is 0 Å². The summed E-state index contributed by atoms with van der Waals surface area (Å²) in [4.78, 5) is 6.59. The Kier molecular flexibility index (Phi) is 5.25. The van der Waals surface area contributed by atoms with Crippen LogP contribution in [0.5, 0.6) is 0 Å². The molecule has 6 heteroatoms. The summed E-state index contributed by atoms with van der Waals surface area (Å²) in [7, 11) is 0. The van der Waals surface area contributed by atoms with E-state index in [9.17, 15) is 5.11 Å². The van der Waals surface area contributed by atoms with Crippen molar-refractivity contribution < 1.29 is 9.84 Å². The first-order valence-corrected chi connectivity index (χ1v) is 8.28. The predicted molar refractivity (Wildman–Crippen MR) is 91.2 cm³/mol. The minimum absolute atomic E-state index is 0.409. The number of morpholine rings is 1. The lowest BCUT2D eigenvalue weighted by molar-refractivity contribution is 0.0171. The zero-order valence-electron chi connectivity index (χ0n) is 12.3. The Morgan fingerprint density at radius 2 is 2.14 bits per heavy atom. The Morgan fingerprint density at radius 3 is 2.95 bits per heavy atom. The van der Waals surface area contributed by atoms with E-state index in [2.05, 4.69) is 31.1 Å². The summed E-state index contributed by atoms with van der Waals surface area (Å²) in [5, 5.41) is 14.6. The maximum absolute atomic E-state index is 10.2. The zero-order valence-corrected chi connectivity index (χ0v) is 13.9. The van der Waals surface area contributed by atoms with E-state index in [-0.39, 0.29) is 0 Å². The van der Waals surface area contributed by atoms with E-state index < -0.39 is 6.10 Å². The lowest BCUT2D eigenvalue weighted by Gasteiger charge is -2.28. The van der Waals surface area contributed by atoms with Gasteiger partial charge in [-0.1, -0.05) is 15.9 Å². The number of halogens is 1. The lowest BCUT2D eigenvalue weighted by Crippen LogP contribution is -2.42. The highest BCUT2D eigenvalue weighted by Gasteiger charge is 2.15. The maximum Gasteiger partial charge on any atom is 0.0839 e. The number of aliphatic hydroxyl groups is 1. The van der Waals surface area contributed by atoms with Crippen molar-refractivity contribution in [2.24, 2.45) is 0 Å². The second-order valence-corrected chi connectivity index (χ2v) is 6.38. The van der Waals surface area contributed by atoms with Crippen LogP contribution >= 0.6 is 15.9 Å². The van der Waals surface area contributed by atoms with Gasteiger partial charge in [0.05, 0.1) is 24.8 Å². The van der Waals surface area contributed by atoms with Gasteiger partial charge in [0.1, 0.15) is 0 Å². The van der Waals surface area contributed by atoms with E-state index in [0.29, 0.717) is 13.1 Å². The first kappa shape index (κ1) is 15.7. The first-order valence-electron chi connectivity index (χ1n) is 7.49. The molecule has 3 rings (SSSR count). The van der Waals surface area contributed by atoms with Crippen LogP contribution in [0.25, 0.3) is 10.9 Å². The summed E-state index contributed by atoms with van der Waals surface area (Å²) in [6, 6.07) is 7.94. The average molecular weight is 366 g/mol. The van der Waals surface area contributed by atoms with Crippen molar-refractivity contribution in [3.8, 4) is 0 Å². The van der Waals surface area contributed by atoms with Crippen molar-refractivity contribution in [1.29, 1.82) is 0 Å². The Labute approximate surface area is 138 Å². The molecule has 118 valence electrons. The van der Waals surface area contributed by atoms with Gasteiger partial charge in [-0.25, -0.2) is 0 Å². The van der Waals surface area contributed by atoms with Gasteiger partial charge in [0.15, 0.2) is 0 Å². The monoisotopic (exact) mass is 365 g/mol. The molecule has 0 aliphatic carbocycles. The number of aliphatic hydroxyl groups excluding tert-OH is 1. The van der Waals surface area contributed by atoms with E-state index >= 15 is 0 Å². The van der Waals surface area contributed by atoms with Gasteiger partial charge in [0, 0.05) is 47.9 Å². The van der Waals surface area contributed by atoms with Crippen LogP contribution in [-0.2, 0) is 4.74 Å². The fraction of sp³-hybridized carbons (Fsp3) is 0.438. The number of nitrogens with zero attached hydrogens (tertiary/aromatic N) is 2. The number of pyridine rings is 1. The van der Waals surface area contributed by atoms with Gasteiger partial charge in [0.25, 0.3) is 0 Å². The third kappa shape index (κ3) is 3.95. The molecule has 2 heterocycles. The number of aromatic nitrogens is 1. The Morgan fingerprint density at radius 1 is 1.32 bits per heavy atom. The van der Waals surface area contributed by atoms with Crippen LogP contribution in [0, 0.1) is 0 Å². The van der Waals surface area contributed by atoms with Gasteiger partial charge >= 0.3 is 0 Å². The summed E-state index contributed by atoms with van der Waals surface area (Å²) >= 11 is 3.49. The molecule has 1 unspecified atom stereocenters. The maximum atomic E-state index is 10.2. The highest BCUT2D eigenvalue weighted by molar-refractivity contribution is 9.10. The van der Waals surface area contributed by atoms with Gasteiger partial charge < -0.3 is 15.2 Å². The predicted octanol–water partition coefficient (Wildman–Crippen LogP) is 2.10. The van der Waals surface area contributed by atoms with Gasteiger partial charge in [0.2, 0.25) is 0 Å². The molecule has 0 saturated carbocycles.